The number of benzene rings is 1. The topological polar surface area (TPSA) is 75.2 Å². The van der Waals surface area contributed by atoms with Gasteiger partial charge in [-0.3, -0.25) is 19.1 Å². The molecule has 110 valence electrons. The lowest BCUT2D eigenvalue weighted by molar-refractivity contribution is -0.131. The molecular weight excluding hydrogens is 277 g/mol. The number of aromatic nitrogens is 2. The number of aromatic amines is 1. The normalized spacial score (nSPS) is 10.4. The fraction of sp³-hybridized carbons (Fsp3) is 0.214. The first-order valence-electron chi connectivity index (χ1n) is 6.24. The van der Waals surface area contributed by atoms with Gasteiger partial charge in [-0.25, -0.2) is 9.18 Å². The molecule has 1 heterocycles. The molecule has 1 aromatic carbocycles. The molecule has 6 nitrogen and oxygen atoms in total. The zero-order valence-corrected chi connectivity index (χ0v) is 11.4. The lowest BCUT2D eigenvalue weighted by Crippen LogP contribution is -2.36. The van der Waals surface area contributed by atoms with Crippen molar-refractivity contribution in [1.29, 1.82) is 0 Å². The van der Waals surface area contributed by atoms with Crippen molar-refractivity contribution in [3.05, 3.63) is 68.7 Å². The van der Waals surface area contributed by atoms with Crippen LogP contribution in [0.3, 0.4) is 0 Å². The summed E-state index contributed by atoms with van der Waals surface area (Å²) < 4.78 is 13.9. The van der Waals surface area contributed by atoms with E-state index in [1.807, 2.05) is 0 Å². The van der Waals surface area contributed by atoms with E-state index in [-0.39, 0.29) is 18.3 Å². The van der Waals surface area contributed by atoms with E-state index in [0.717, 1.165) is 10.1 Å². The van der Waals surface area contributed by atoms with Gasteiger partial charge in [-0.05, 0) is 17.7 Å². The molecule has 0 saturated carbocycles. The summed E-state index contributed by atoms with van der Waals surface area (Å²) in [6.45, 7) is 0.129. The van der Waals surface area contributed by atoms with Crippen LogP contribution in [-0.2, 0) is 17.9 Å². The van der Waals surface area contributed by atoms with Crippen molar-refractivity contribution in [1.82, 2.24) is 14.5 Å². The van der Waals surface area contributed by atoms with E-state index in [4.69, 9.17) is 0 Å². The van der Waals surface area contributed by atoms with E-state index in [1.165, 1.54) is 29.3 Å². The van der Waals surface area contributed by atoms with Crippen LogP contribution in [0.4, 0.5) is 4.39 Å². The second-order valence-electron chi connectivity index (χ2n) is 4.61. The molecule has 0 spiro atoms. The number of halogens is 1. The molecule has 0 atom stereocenters. The van der Waals surface area contributed by atoms with Gasteiger partial charge >= 0.3 is 5.69 Å². The molecule has 0 radical (unpaired) electrons. The Labute approximate surface area is 119 Å². The Kier molecular flexibility index (Phi) is 4.32. The minimum absolute atomic E-state index is 0.173. The molecule has 0 fully saturated rings. The summed E-state index contributed by atoms with van der Waals surface area (Å²) in [5.41, 5.74) is -0.365. The number of amides is 1. The van der Waals surface area contributed by atoms with Crippen LogP contribution >= 0.6 is 0 Å². The first kappa shape index (κ1) is 14.7. The van der Waals surface area contributed by atoms with Gasteiger partial charge < -0.3 is 4.90 Å². The number of nitrogens with one attached hydrogen (secondary N) is 1. The smallest absolute Gasteiger partial charge is 0.328 e. The third-order valence-electron chi connectivity index (χ3n) is 2.96. The molecule has 1 aromatic heterocycles. The molecule has 0 saturated heterocycles. The molecule has 2 aromatic rings. The average molecular weight is 291 g/mol. The Hall–Kier alpha value is -2.70. The van der Waals surface area contributed by atoms with E-state index in [2.05, 4.69) is 4.98 Å². The Balaban J connectivity index is 2.04. The zero-order valence-electron chi connectivity index (χ0n) is 11.4. The molecule has 1 N–H and O–H groups in total. The van der Waals surface area contributed by atoms with Crippen LogP contribution in [-0.4, -0.2) is 27.4 Å². The Morgan fingerprint density at radius 2 is 1.90 bits per heavy atom. The van der Waals surface area contributed by atoms with Gasteiger partial charge in [-0.2, -0.15) is 0 Å². The van der Waals surface area contributed by atoms with Gasteiger partial charge in [0.15, 0.2) is 0 Å². The lowest BCUT2D eigenvalue weighted by Gasteiger charge is -2.17. The minimum atomic E-state index is -0.633. The highest BCUT2D eigenvalue weighted by atomic mass is 19.1. The second kappa shape index (κ2) is 6.17. The van der Waals surface area contributed by atoms with E-state index in [9.17, 15) is 18.8 Å². The van der Waals surface area contributed by atoms with Crippen LogP contribution in [0.15, 0.2) is 46.1 Å². The summed E-state index contributed by atoms with van der Waals surface area (Å²) >= 11 is 0. The van der Waals surface area contributed by atoms with Crippen LogP contribution in [0.5, 0.6) is 0 Å². The molecule has 0 unspecified atom stereocenters. The summed E-state index contributed by atoms with van der Waals surface area (Å²) in [6, 6.07) is 6.99. The summed E-state index contributed by atoms with van der Waals surface area (Å²) in [5.74, 6) is -0.638. The maximum Gasteiger partial charge on any atom is 0.328 e. The van der Waals surface area contributed by atoms with Crippen molar-refractivity contribution in [3.8, 4) is 0 Å². The van der Waals surface area contributed by atoms with E-state index in [0.29, 0.717) is 6.54 Å². The van der Waals surface area contributed by atoms with Gasteiger partial charge in [-0.1, -0.05) is 12.1 Å². The summed E-state index contributed by atoms with van der Waals surface area (Å²) in [5, 5.41) is 0. The molecule has 0 aliphatic heterocycles. The Morgan fingerprint density at radius 1 is 1.24 bits per heavy atom. The molecule has 0 aliphatic carbocycles. The lowest BCUT2D eigenvalue weighted by atomic mass is 10.2. The maximum atomic E-state index is 12.8. The largest absolute Gasteiger partial charge is 0.340 e. The van der Waals surface area contributed by atoms with Crippen molar-refractivity contribution in [3.63, 3.8) is 0 Å². The van der Waals surface area contributed by atoms with Crippen LogP contribution in [0.2, 0.25) is 0 Å². The van der Waals surface area contributed by atoms with Gasteiger partial charge in [0, 0.05) is 25.9 Å². The first-order chi connectivity index (χ1) is 9.95. The monoisotopic (exact) mass is 291 g/mol. The van der Waals surface area contributed by atoms with E-state index >= 15 is 0 Å². The van der Waals surface area contributed by atoms with Crippen molar-refractivity contribution in [2.45, 2.75) is 13.1 Å². The van der Waals surface area contributed by atoms with Crippen molar-refractivity contribution < 1.29 is 9.18 Å². The fourth-order valence-electron chi connectivity index (χ4n) is 1.79. The Bertz CT molecular complexity index is 749. The number of carbonyl (C=O) groups is 1. The number of rotatable bonds is 4. The predicted octanol–water partition coefficient (Wildman–Crippen LogP) is 0.334. The van der Waals surface area contributed by atoms with E-state index in [1.54, 1.807) is 19.2 Å². The zero-order chi connectivity index (χ0) is 15.4. The van der Waals surface area contributed by atoms with Gasteiger partial charge in [0.05, 0.1) is 0 Å². The third kappa shape index (κ3) is 3.88. The minimum Gasteiger partial charge on any atom is -0.340 e. The Morgan fingerprint density at radius 3 is 2.52 bits per heavy atom. The van der Waals surface area contributed by atoms with Crippen LogP contribution in [0.25, 0.3) is 0 Å². The number of likely N-dealkylation sites (N-methyl/N-ethyl adjacent to an activating group) is 1. The van der Waals surface area contributed by atoms with E-state index < -0.39 is 11.2 Å². The van der Waals surface area contributed by atoms with Gasteiger partial charge in [0.1, 0.15) is 12.4 Å². The molecule has 7 heteroatoms. The van der Waals surface area contributed by atoms with Crippen LogP contribution < -0.4 is 11.2 Å². The standard InChI is InChI=1S/C14H14FN3O3/c1-17(8-10-2-4-11(15)5-3-10)13(20)9-18-7-6-12(19)16-14(18)21/h2-7H,8-9H2,1H3,(H,16,19,21). The average Bonchev–Trinajstić information content (AvgIpc) is 2.44. The van der Waals surface area contributed by atoms with Crippen LogP contribution in [0, 0.1) is 5.82 Å². The summed E-state index contributed by atoms with van der Waals surface area (Å²) in [7, 11) is 1.59. The number of H-pyrrole nitrogens is 1. The quantitative estimate of drug-likeness (QED) is 0.882. The predicted molar refractivity (Wildman–Crippen MR) is 74.2 cm³/mol. The van der Waals surface area contributed by atoms with Gasteiger partial charge in [0.2, 0.25) is 5.91 Å². The molecule has 2 rings (SSSR count). The van der Waals surface area contributed by atoms with Crippen molar-refractivity contribution >= 4 is 5.91 Å². The molecular formula is C14H14FN3O3. The van der Waals surface area contributed by atoms with Crippen molar-refractivity contribution in [2.75, 3.05) is 7.05 Å². The van der Waals surface area contributed by atoms with Gasteiger partial charge in [0.25, 0.3) is 5.56 Å². The highest BCUT2D eigenvalue weighted by Gasteiger charge is 2.11. The number of nitrogens with zero attached hydrogens (tertiary/aromatic N) is 2. The summed E-state index contributed by atoms with van der Waals surface area (Å²) in [4.78, 5) is 37.9. The summed E-state index contributed by atoms with van der Waals surface area (Å²) in [6.07, 6.45) is 1.27. The highest BCUT2D eigenvalue weighted by molar-refractivity contribution is 5.75. The number of hydrogen-bond donors (Lipinski definition) is 1. The van der Waals surface area contributed by atoms with Crippen LogP contribution in [0.1, 0.15) is 5.56 Å². The first-order valence-corrected chi connectivity index (χ1v) is 6.24. The molecule has 0 aliphatic rings. The molecule has 1 amide bonds. The molecule has 21 heavy (non-hydrogen) atoms. The fourth-order valence-corrected chi connectivity index (χ4v) is 1.79. The second-order valence-corrected chi connectivity index (χ2v) is 4.61. The SMILES string of the molecule is CN(Cc1ccc(F)cc1)C(=O)Cn1ccc(=O)[nH]c1=O. The third-order valence-corrected chi connectivity index (χ3v) is 2.96. The number of hydrogen-bond acceptors (Lipinski definition) is 3. The highest BCUT2D eigenvalue weighted by Crippen LogP contribution is 2.05. The molecule has 0 bridgehead atoms. The van der Waals surface area contributed by atoms with Crippen molar-refractivity contribution in [2.24, 2.45) is 0 Å². The number of carbonyl (C=O) groups excluding carboxylic acids is 1. The maximum absolute atomic E-state index is 12.8. The van der Waals surface area contributed by atoms with Gasteiger partial charge in [-0.15, -0.1) is 0 Å².